The van der Waals surface area contributed by atoms with Crippen molar-refractivity contribution < 1.29 is 37.0 Å². The normalized spacial score (nSPS) is 30.0. The van der Waals surface area contributed by atoms with E-state index in [1.165, 1.54) is 0 Å². The van der Waals surface area contributed by atoms with Crippen LogP contribution in [-0.4, -0.2) is 85.6 Å². The summed E-state index contributed by atoms with van der Waals surface area (Å²) < 4.78 is 51.4. The molecule has 156 valence electrons. The molecule has 1 aliphatic carbocycles. The predicted octanol–water partition coefficient (Wildman–Crippen LogP) is 1.94. The van der Waals surface area contributed by atoms with Crippen molar-refractivity contribution in [1.29, 1.82) is 0 Å². The number of carboxylic acids is 1. The van der Waals surface area contributed by atoms with Gasteiger partial charge in [-0.3, -0.25) is 4.79 Å². The summed E-state index contributed by atoms with van der Waals surface area (Å²) in [6.07, 6.45) is -2.43. The van der Waals surface area contributed by atoms with E-state index in [4.69, 9.17) is 14.6 Å². The lowest BCUT2D eigenvalue weighted by Gasteiger charge is -2.36. The van der Waals surface area contributed by atoms with E-state index in [2.05, 4.69) is 11.9 Å². The monoisotopic (exact) mass is 398 g/mol. The zero-order valence-corrected chi connectivity index (χ0v) is 15.5. The number of hydrogen-bond acceptors (Lipinski definition) is 4. The number of hydrogen-bond donors (Lipinski definition) is 1. The van der Waals surface area contributed by atoms with Gasteiger partial charge in [-0.1, -0.05) is 0 Å². The molecule has 3 aliphatic rings. The second-order valence-electron chi connectivity index (χ2n) is 7.81. The molecule has 27 heavy (non-hydrogen) atoms. The van der Waals surface area contributed by atoms with Crippen molar-refractivity contribution in [3.05, 3.63) is 0 Å². The molecule has 2 aliphatic heterocycles. The Labute approximate surface area is 155 Å². The summed E-state index contributed by atoms with van der Waals surface area (Å²) >= 11 is 0. The van der Waals surface area contributed by atoms with Crippen LogP contribution in [0.1, 0.15) is 25.7 Å². The van der Waals surface area contributed by atoms with E-state index in [0.29, 0.717) is 31.8 Å². The minimum Gasteiger partial charge on any atom is -0.475 e. The SMILES string of the molecule is COC[C@H]1CN(C)C[C@@]12CCN(C(=O)C1(F)CCC1)C2.O=C(O)C(F)(F)F. The van der Waals surface area contributed by atoms with Crippen LogP contribution in [0.4, 0.5) is 17.6 Å². The number of carboxylic acid groups (broad SMARTS) is 1. The Morgan fingerprint density at radius 3 is 2.26 bits per heavy atom. The van der Waals surface area contributed by atoms with Crippen LogP contribution in [0.15, 0.2) is 0 Å². The van der Waals surface area contributed by atoms with Crippen molar-refractivity contribution in [3.8, 4) is 0 Å². The summed E-state index contributed by atoms with van der Waals surface area (Å²) in [5, 5.41) is 7.12. The molecule has 3 fully saturated rings. The van der Waals surface area contributed by atoms with Gasteiger partial charge in [-0.2, -0.15) is 13.2 Å². The third-order valence-corrected chi connectivity index (χ3v) is 5.80. The van der Waals surface area contributed by atoms with Crippen LogP contribution in [0.5, 0.6) is 0 Å². The van der Waals surface area contributed by atoms with E-state index in [1.54, 1.807) is 12.0 Å². The third-order valence-electron chi connectivity index (χ3n) is 5.80. The second-order valence-corrected chi connectivity index (χ2v) is 7.81. The summed E-state index contributed by atoms with van der Waals surface area (Å²) in [7, 11) is 3.85. The molecule has 3 rings (SSSR count). The Bertz CT molecular complexity index is 568. The molecule has 1 spiro atoms. The highest BCUT2D eigenvalue weighted by Gasteiger charge is 2.54. The van der Waals surface area contributed by atoms with Crippen LogP contribution in [0.3, 0.4) is 0 Å². The first-order chi connectivity index (χ1) is 12.4. The Hall–Kier alpha value is -1.42. The van der Waals surface area contributed by atoms with E-state index in [9.17, 15) is 22.4 Å². The first-order valence-corrected chi connectivity index (χ1v) is 8.89. The van der Waals surface area contributed by atoms with Crippen molar-refractivity contribution >= 4 is 11.9 Å². The Morgan fingerprint density at radius 2 is 1.81 bits per heavy atom. The summed E-state index contributed by atoms with van der Waals surface area (Å²) in [6, 6.07) is 0. The van der Waals surface area contributed by atoms with Gasteiger partial charge in [0.15, 0.2) is 5.67 Å². The van der Waals surface area contributed by atoms with Crippen LogP contribution < -0.4 is 0 Å². The second kappa shape index (κ2) is 7.90. The first-order valence-electron chi connectivity index (χ1n) is 8.89. The number of halogens is 4. The molecule has 0 bridgehead atoms. The van der Waals surface area contributed by atoms with Crippen LogP contribution in [0.25, 0.3) is 0 Å². The van der Waals surface area contributed by atoms with E-state index < -0.39 is 17.8 Å². The molecule has 0 radical (unpaired) electrons. The summed E-state index contributed by atoms with van der Waals surface area (Å²) in [4.78, 5) is 25.3. The average molecular weight is 398 g/mol. The molecular formula is C17H26F4N2O4. The van der Waals surface area contributed by atoms with E-state index in [0.717, 1.165) is 32.5 Å². The van der Waals surface area contributed by atoms with Crippen molar-refractivity contribution in [2.75, 3.05) is 46.9 Å². The zero-order valence-electron chi connectivity index (χ0n) is 15.5. The Morgan fingerprint density at radius 1 is 1.22 bits per heavy atom. The third kappa shape index (κ3) is 4.71. The molecule has 2 saturated heterocycles. The highest BCUT2D eigenvalue weighted by Crippen LogP contribution is 2.46. The lowest BCUT2D eigenvalue weighted by atomic mass is 9.77. The summed E-state index contributed by atoms with van der Waals surface area (Å²) in [6.45, 7) is 4.14. The highest BCUT2D eigenvalue weighted by atomic mass is 19.4. The summed E-state index contributed by atoms with van der Waals surface area (Å²) in [5.74, 6) is -2.56. The number of carbonyl (C=O) groups is 2. The zero-order chi connectivity index (χ0) is 20.5. The molecule has 0 aromatic carbocycles. The molecule has 10 heteroatoms. The number of carbonyl (C=O) groups excluding carboxylic acids is 1. The van der Waals surface area contributed by atoms with Gasteiger partial charge in [0, 0.05) is 44.6 Å². The number of rotatable bonds is 3. The topological polar surface area (TPSA) is 70.1 Å². The number of aliphatic carboxylic acids is 1. The van der Waals surface area contributed by atoms with E-state index in [-0.39, 0.29) is 11.3 Å². The van der Waals surface area contributed by atoms with Crippen LogP contribution >= 0.6 is 0 Å². The minimum absolute atomic E-state index is 0.112. The number of amides is 1. The maximum absolute atomic E-state index is 14.3. The van der Waals surface area contributed by atoms with Crippen molar-refractivity contribution in [1.82, 2.24) is 9.80 Å². The number of likely N-dealkylation sites (tertiary alicyclic amines) is 2. The highest BCUT2D eigenvalue weighted by molar-refractivity contribution is 5.86. The van der Waals surface area contributed by atoms with Crippen molar-refractivity contribution in [2.24, 2.45) is 11.3 Å². The van der Waals surface area contributed by atoms with Gasteiger partial charge in [0.1, 0.15) is 0 Å². The van der Waals surface area contributed by atoms with Gasteiger partial charge in [-0.25, -0.2) is 9.18 Å². The molecule has 1 saturated carbocycles. The lowest BCUT2D eigenvalue weighted by Crippen LogP contribution is -2.50. The van der Waals surface area contributed by atoms with Crippen LogP contribution in [-0.2, 0) is 14.3 Å². The smallest absolute Gasteiger partial charge is 0.475 e. The molecule has 1 N–H and O–H groups in total. The molecule has 2 atom stereocenters. The average Bonchev–Trinajstić information content (AvgIpc) is 3.08. The van der Waals surface area contributed by atoms with Crippen LogP contribution in [0, 0.1) is 11.3 Å². The number of nitrogens with zero attached hydrogens (tertiary/aromatic N) is 2. The van der Waals surface area contributed by atoms with E-state index >= 15 is 0 Å². The standard InChI is InChI=1S/C15H25FN2O2.C2HF3O2/c1-17-8-12(9-20-2)14(10-17)6-7-18(11-14)13(19)15(16)4-3-5-15;3-2(4,5)1(6)7/h12H,3-11H2,1-2H3;(H,6,7)/t12-,14-;/m1./s1. The van der Waals surface area contributed by atoms with Gasteiger partial charge < -0.3 is 19.6 Å². The van der Waals surface area contributed by atoms with Crippen molar-refractivity contribution in [3.63, 3.8) is 0 Å². The minimum atomic E-state index is -5.08. The quantitative estimate of drug-likeness (QED) is 0.736. The predicted molar refractivity (Wildman–Crippen MR) is 87.9 cm³/mol. The molecule has 0 aromatic heterocycles. The lowest BCUT2D eigenvalue weighted by molar-refractivity contribution is -0.192. The Kier molecular flexibility index (Phi) is 6.40. The number of ether oxygens (including phenoxy) is 1. The van der Waals surface area contributed by atoms with Crippen molar-refractivity contribution in [2.45, 2.75) is 37.5 Å². The van der Waals surface area contributed by atoms with Crippen LogP contribution in [0.2, 0.25) is 0 Å². The fourth-order valence-electron chi connectivity index (χ4n) is 4.25. The summed E-state index contributed by atoms with van der Waals surface area (Å²) in [5.41, 5.74) is -1.44. The molecule has 2 heterocycles. The Balaban J connectivity index is 0.000000321. The number of alkyl halides is 4. The van der Waals surface area contributed by atoms with Gasteiger partial charge >= 0.3 is 12.1 Å². The maximum Gasteiger partial charge on any atom is 0.490 e. The molecule has 1 amide bonds. The maximum atomic E-state index is 14.3. The fraction of sp³-hybridized carbons (Fsp3) is 0.882. The molecule has 0 aromatic rings. The molecule has 0 unspecified atom stereocenters. The largest absolute Gasteiger partial charge is 0.490 e. The van der Waals surface area contributed by atoms with Gasteiger partial charge in [0.2, 0.25) is 0 Å². The molecular weight excluding hydrogens is 372 g/mol. The first kappa shape index (κ1) is 21.9. The van der Waals surface area contributed by atoms with Gasteiger partial charge in [0.25, 0.3) is 5.91 Å². The molecule has 6 nitrogen and oxygen atoms in total. The van der Waals surface area contributed by atoms with Gasteiger partial charge in [-0.05, 0) is 32.7 Å². The van der Waals surface area contributed by atoms with Gasteiger partial charge in [0.05, 0.1) is 6.61 Å². The van der Waals surface area contributed by atoms with E-state index in [1.807, 2.05) is 0 Å². The number of methoxy groups -OCH3 is 1. The fourth-order valence-corrected chi connectivity index (χ4v) is 4.25. The van der Waals surface area contributed by atoms with Gasteiger partial charge in [-0.15, -0.1) is 0 Å².